The fraction of sp³-hybridized carbons (Fsp3) is 0.273. The van der Waals surface area contributed by atoms with Crippen LogP contribution in [0.15, 0.2) is 54.6 Å². The summed E-state index contributed by atoms with van der Waals surface area (Å²) in [5, 5.41) is 14.9. The molecule has 138 valence electrons. The number of hydrogen-bond acceptors (Lipinski definition) is 3. The van der Waals surface area contributed by atoms with Crippen LogP contribution in [-0.2, 0) is 13.1 Å². The van der Waals surface area contributed by atoms with Gasteiger partial charge in [-0.25, -0.2) is 0 Å². The zero-order chi connectivity index (χ0) is 19.0. The van der Waals surface area contributed by atoms with Crippen molar-refractivity contribution >= 4 is 5.91 Å². The molecule has 4 rings (SSSR count). The predicted octanol–water partition coefficient (Wildman–Crippen LogP) is 3.24. The van der Waals surface area contributed by atoms with Crippen molar-refractivity contribution in [2.75, 3.05) is 6.54 Å². The molecular formula is C22H23N3O2. The molecule has 0 saturated heterocycles. The van der Waals surface area contributed by atoms with Crippen LogP contribution in [0.1, 0.15) is 44.5 Å². The number of aromatic nitrogens is 2. The van der Waals surface area contributed by atoms with Gasteiger partial charge in [0.15, 0.2) is 0 Å². The molecule has 5 nitrogen and oxygen atoms in total. The van der Waals surface area contributed by atoms with Gasteiger partial charge in [0.25, 0.3) is 5.91 Å². The summed E-state index contributed by atoms with van der Waals surface area (Å²) in [7, 11) is 0. The Kier molecular flexibility index (Phi) is 4.54. The Morgan fingerprint density at radius 1 is 1.15 bits per heavy atom. The van der Waals surface area contributed by atoms with Crippen LogP contribution in [0.25, 0.3) is 0 Å². The van der Waals surface area contributed by atoms with Crippen molar-refractivity contribution in [1.82, 2.24) is 14.7 Å². The van der Waals surface area contributed by atoms with Crippen molar-refractivity contribution < 1.29 is 9.90 Å². The van der Waals surface area contributed by atoms with E-state index in [-0.39, 0.29) is 5.91 Å². The van der Waals surface area contributed by atoms with Crippen molar-refractivity contribution in [3.05, 3.63) is 88.2 Å². The van der Waals surface area contributed by atoms with Crippen molar-refractivity contribution in [2.24, 2.45) is 0 Å². The maximum Gasteiger partial charge on any atom is 0.254 e. The summed E-state index contributed by atoms with van der Waals surface area (Å²) in [4.78, 5) is 14.7. The predicted molar refractivity (Wildman–Crippen MR) is 103 cm³/mol. The monoisotopic (exact) mass is 361 g/mol. The first kappa shape index (κ1) is 17.5. The van der Waals surface area contributed by atoms with Crippen LogP contribution in [0.4, 0.5) is 0 Å². The zero-order valence-electron chi connectivity index (χ0n) is 15.6. The van der Waals surface area contributed by atoms with E-state index in [0.717, 1.165) is 28.1 Å². The zero-order valence-corrected chi connectivity index (χ0v) is 15.6. The highest BCUT2D eigenvalue weighted by Crippen LogP contribution is 2.27. The van der Waals surface area contributed by atoms with E-state index >= 15 is 0 Å². The molecule has 1 atom stereocenters. The van der Waals surface area contributed by atoms with Crippen molar-refractivity contribution in [1.29, 1.82) is 0 Å². The molecule has 1 aliphatic heterocycles. The van der Waals surface area contributed by atoms with Gasteiger partial charge < -0.3 is 10.0 Å². The molecule has 0 aliphatic carbocycles. The minimum atomic E-state index is -0.642. The lowest BCUT2D eigenvalue weighted by atomic mass is 9.97. The standard InChI is InChI=1S/C22H23N3O2/c1-15-10-16(2)25(23-15)12-17-6-5-8-18(11-17)22(27)24-13-19-7-3-4-9-20(19)21(26)14-24/h3-11,21,26H,12-14H2,1-2H3/t21-/m0/s1. The second-order valence-electron chi connectivity index (χ2n) is 7.19. The van der Waals surface area contributed by atoms with Crippen LogP contribution in [0.2, 0.25) is 0 Å². The summed E-state index contributed by atoms with van der Waals surface area (Å²) in [6.45, 7) is 5.47. The smallest absolute Gasteiger partial charge is 0.254 e. The highest BCUT2D eigenvalue weighted by atomic mass is 16.3. The molecule has 3 aromatic rings. The SMILES string of the molecule is Cc1cc(C)n(Cc2cccc(C(=O)N3Cc4ccccc4[C@@H](O)C3)c2)n1. The number of benzene rings is 2. The molecule has 0 unspecified atom stereocenters. The lowest BCUT2D eigenvalue weighted by Crippen LogP contribution is -2.38. The summed E-state index contributed by atoms with van der Waals surface area (Å²) < 4.78 is 1.94. The van der Waals surface area contributed by atoms with Gasteiger partial charge in [-0.2, -0.15) is 5.10 Å². The van der Waals surface area contributed by atoms with Gasteiger partial charge in [0.2, 0.25) is 0 Å². The lowest BCUT2D eigenvalue weighted by Gasteiger charge is -2.32. The number of aliphatic hydroxyl groups is 1. The third kappa shape index (κ3) is 3.51. The first-order valence-corrected chi connectivity index (χ1v) is 9.16. The number of amides is 1. The number of aryl methyl sites for hydroxylation is 2. The van der Waals surface area contributed by atoms with Gasteiger partial charge in [0.1, 0.15) is 0 Å². The average molecular weight is 361 g/mol. The molecular weight excluding hydrogens is 338 g/mol. The van der Waals surface area contributed by atoms with E-state index in [4.69, 9.17) is 0 Å². The van der Waals surface area contributed by atoms with E-state index in [2.05, 4.69) is 5.10 Å². The van der Waals surface area contributed by atoms with E-state index in [1.54, 1.807) is 4.90 Å². The number of β-amino-alcohol motifs (C(OH)–C–C–N with tert-alkyl or cyclic N) is 1. The van der Waals surface area contributed by atoms with Gasteiger partial charge in [0.05, 0.1) is 24.9 Å². The van der Waals surface area contributed by atoms with Crippen molar-refractivity contribution in [3.63, 3.8) is 0 Å². The summed E-state index contributed by atoms with van der Waals surface area (Å²) in [6.07, 6.45) is -0.642. The molecule has 1 aromatic heterocycles. The molecule has 0 bridgehead atoms. The van der Waals surface area contributed by atoms with Gasteiger partial charge >= 0.3 is 0 Å². The summed E-state index contributed by atoms with van der Waals surface area (Å²) in [6, 6.07) is 17.5. The van der Waals surface area contributed by atoms with Crippen LogP contribution in [-0.4, -0.2) is 32.2 Å². The molecule has 5 heteroatoms. The Bertz CT molecular complexity index is 993. The Morgan fingerprint density at radius 2 is 1.96 bits per heavy atom. The molecule has 0 fully saturated rings. The maximum absolute atomic E-state index is 13.0. The summed E-state index contributed by atoms with van der Waals surface area (Å²) >= 11 is 0. The van der Waals surface area contributed by atoms with E-state index < -0.39 is 6.10 Å². The molecule has 27 heavy (non-hydrogen) atoms. The lowest BCUT2D eigenvalue weighted by molar-refractivity contribution is 0.0550. The Morgan fingerprint density at radius 3 is 2.74 bits per heavy atom. The second-order valence-corrected chi connectivity index (χ2v) is 7.19. The highest BCUT2D eigenvalue weighted by molar-refractivity contribution is 5.94. The Balaban J connectivity index is 1.55. The third-order valence-corrected chi connectivity index (χ3v) is 5.07. The molecule has 1 aliphatic rings. The molecule has 0 saturated carbocycles. The number of carbonyl (C=O) groups excluding carboxylic acids is 1. The van der Waals surface area contributed by atoms with Crippen molar-refractivity contribution in [2.45, 2.75) is 33.0 Å². The highest BCUT2D eigenvalue weighted by Gasteiger charge is 2.27. The molecule has 2 heterocycles. The summed E-state index contributed by atoms with van der Waals surface area (Å²) in [5.74, 6) is -0.0567. The van der Waals surface area contributed by atoms with E-state index in [1.807, 2.05) is 73.1 Å². The fourth-order valence-corrected chi connectivity index (χ4v) is 3.73. The fourth-order valence-electron chi connectivity index (χ4n) is 3.73. The Hall–Kier alpha value is -2.92. The number of carbonyl (C=O) groups is 1. The van der Waals surface area contributed by atoms with Crippen LogP contribution in [0.5, 0.6) is 0 Å². The molecule has 1 amide bonds. The third-order valence-electron chi connectivity index (χ3n) is 5.07. The van der Waals surface area contributed by atoms with Gasteiger partial charge in [-0.15, -0.1) is 0 Å². The minimum Gasteiger partial charge on any atom is -0.387 e. The Labute approximate surface area is 158 Å². The van der Waals surface area contributed by atoms with Crippen LogP contribution >= 0.6 is 0 Å². The number of rotatable bonds is 3. The first-order chi connectivity index (χ1) is 13.0. The molecule has 1 N–H and O–H groups in total. The molecule has 0 spiro atoms. The number of nitrogens with zero attached hydrogens (tertiary/aromatic N) is 3. The minimum absolute atomic E-state index is 0.0567. The van der Waals surface area contributed by atoms with Gasteiger partial charge in [-0.05, 0) is 48.7 Å². The van der Waals surface area contributed by atoms with E-state index in [9.17, 15) is 9.90 Å². The second kappa shape index (κ2) is 7.00. The summed E-state index contributed by atoms with van der Waals surface area (Å²) in [5.41, 5.74) is 5.68. The number of fused-ring (bicyclic) bond motifs is 1. The maximum atomic E-state index is 13.0. The molecule has 0 radical (unpaired) electrons. The van der Waals surface area contributed by atoms with Crippen molar-refractivity contribution in [3.8, 4) is 0 Å². The normalized spacial score (nSPS) is 16.3. The average Bonchev–Trinajstić information content (AvgIpc) is 2.98. The van der Waals surface area contributed by atoms with Gasteiger partial charge in [-0.3, -0.25) is 9.48 Å². The van der Waals surface area contributed by atoms with Crippen LogP contribution in [0, 0.1) is 13.8 Å². The largest absolute Gasteiger partial charge is 0.387 e. The van der Waals surface area contributed by atoms with Crippen LogP contribution < -0.4 is 0 Å². The van der Waals surface area contributed by atoms with Gasteiger partial charge in [0, 0.05) is 17.8 Å². The first-order valence-electron chi connectivity index (χ1n) is 9.16. The quantitative estimate of drug-likeness (QED) is 0.779. The number of aliphatic hydroxyl groups excluding tert-OH is 1. The van der Waals surface area contributed by atoms with Gasteiger partial charge in [-0.1, -0.05) is 36.4 Å². The topological polar surface area (TPSA) is 58.4 Å². The molecule has 2 aromatic carbocycles. The van der Waals surface area contributed by atoms with E-state index in [1.165, 1.54) is 0 Å². The van der Waals surface area contributed by atoms with Crippen LogP contribution in [0.3, 0.4) is 0 Å². The van der Waals surface area contributed by atoms with E-state index in [0.29, 0.717) is 25.2 Å². The number of hydrogen-bond donors (Lipinski definition) is 1.